The highest BCUT2D eigenvalue weighted by Crippen LogP contribution is 2.49. The van der Waals surface area contributed by atoms with E-state index in [1.165, 1.54) is 5.57 Å². The van der Waals surface area contributed by atoms with Crippen molar-refractivity contribution in [2.75, 3.05) is 0 Å². The Hall–Kier alpha value is -2.04. The first-order valence-electron chi connectivity index (χ1n) is 7.56. The van der Waals surface area contributed by atoms with Gasteiger partial charge in [-0.1, -0.05) is 17.7 Å². The molecule has 0 aromatic heterocycles. The van der Waals surface area contributed by atoms with E-state index in [0.29, 0.717) is 12.8 Å². The normalized spacial score (nSPS) is 33.4. The van der Waals surface area contributed by atoms with Crippen LogP contribution in [0.3, 0.4) is 0 Å². The summed E-state index contributed by atoms with van der Waals surface area (Å²) in [6, 6.07) is 7.05. The third-order valence-electron chi connectivity index (χ3n) is 4.73. The SMILES string of the molecule is OC1=CC2=C3C[C@@H](O)C[C@@H]3[C@H](c3ccc(O)cc3)OC2C=C1. The number of benzene rings is 1. The van der Waals surface area contributed by atoms with E-state index in [9.17, 15) is 15.3 Å². The molecule has 1 aliphatic heterocycles. The number of ether oxygens (including phenoxy) is 1. The van der Waals surface area contributed by atoms with Crippen LogP contribution in [0.15, 0.2) is 59.4 Å². The third-order valence-corrected chi connectivity index (χ3v) is 4.73. The maximum atomic E-state index is 10.1. The van der Waals surface area contributed by atoms with E-state index >= 15 is 0 Å². The summed E-state index contributed by atoms with van der Waals surface area (Å²) in [5.41, 5.74) is 3.16. The Labute approximate surface area is 128 Å². The molecule has 0 radical (unpaired) electrons. The van der Waals surface area contributed by atoms with Crippen molar-refractivity contribution in [3.63, 3.8) is 0 Å². The number of rotatable bonds is 1. The quantitative estimate of drug-likeness (QED) is 0.745. The van der Waals surface area contributed by atoms with Crippen molar-refractivity contribution in [3.05, 3.63) is 65.0 Å². The topological polar surface area (TPSA) is 69.9 Å². The summed E-state index contributed by atoms with van der Waals surface area (Å²) in [7, 11) is 0. The molecule has 1 unspecified atom stereocenters. The predicted octanol–water partition coefficient (Wildman–Crippen LogP) is 2.91. The van der Waals surface area contributed by atoms with E-state index in [1.54, 1.807) is 24.3 Å². The van der Waals surface area contributed by atoms with Crippen molar-refractivity contribution in [1.29, 1.82) is 0 Å². The lowest BCUT2D eigenvalue weighted by atomic mass is 9.82. The summed E-state index contributed by atoms with van der Waals surface area (Å²) in [5, 5.41) is 29.3. The van der Waals surface area contributed by atoms with Gasteiger partial charge in [-0.2, -0.15) is 0 Å². The zero-order valence-corrected chi connectivity index (χ0v) is 12.0. The lowest BCUT2D eigenvalue weighted by molar-refractivity contribution is -0.0139. The molecule has 1 aromatic carbocycles. The average Bonchev–Trinajstić information content (AvgIpc) is 2.89. The molecule has 0 amide bonds. The van der Waals surface area contributed by atoms with Crippen LogP contribution < -0.4 is 0 Å². The number of phenols is 1. The van der Waals surface area contributed by atoms with Gasteiger partial charge in [0.05, 0.1) is 12.2 Å². The summed E-state index contributed by atoms with van der Waals surface area (Å²) in [6.07, 6.45) is 5.85. The van der Waals surface area contributed by atoms with Crippen molar-refractivity contribution in [3.8, 4) is 5.75 Å². The molecule has 114 valence electrons. The Morgan fingerprint density at radius 3 is 2.64 bits per heavy atom. The summed E-state index contributed by atoms with van der Waals surface area (Å²) in [6.45, 7) is 0. The lowest BCUT2D eigenvalue weighted by Gasteiger charge is -2.37. The summed E-state index contributed by atoms with van der Waals surface area (Å²) >= 11 is 0. The van der Waals surface area contributed by atoms with Crippen LogP contribution in [-0.4, -0.2) is 27.5 Å². The summed E-state index contributed by atoms with van der Waals surface area (Å²) in [5.74, 6) is 0.569. The maximum Gasteiger partial charge on any atom is 0.115 e. The van der Waals surface area contributed by atoms with E-state index in [4.69, 9.17) is 4.74 Å². The summed E-state index contributed by atoms with van der Waals surface area (Å²) in [4.78, 5) is 0. The fourth-order valence-corrected chi connectivity index (χ4v) is 3.76. The Kier molecular flexibility index (Phi) is 3.10. The second-order valence-electron chi connectivity index (χ2n) is 6.18. The smallest absolute Gasteiger partial charge is 0.115 e. The van der Waals surface area contributed by atoms with E-state index in [2.05, 4.69) is 0 Å². The molecule has 1 heterocycles. The van der Waals surface area contributed by atoms with Crippen LogP contribution in [0.5, 0.6) is 5.75 Å². The van der Waals surface area contributed by atoms with Gasteiger partial charge in [0, 0.05) is 5.92 Å². The number of allylic oxidation sites excluding steroid dienone is 1. The third kappa shape index (κ3) is 2.16. The van der Waals surface area contributed by atoms with Gasteiger partial charge in [-0.3, -0.25) is 0 Å². The molecule has 3 N–H and O–H groups in total. The minimum absolute atomic E-state index is 0.112. The zero-order valence-electron chi connectivity index (χ0n) is 12.0. The highest BCUT2D eigenvalue weighted by Gasteiger charge is 2.43. The monoisotopic (exact) mass is 298 g/mol. The molecule has 1 fully saturated rings. The molecule has 0 spiro atoms. The lowest BCUT2D eigenvalue weighted by Crippen LogP contribution is -2.30. The second-order valence-corrected chi connectivity index (χ2v) is 6.18. The van der Waals surface area contributed by atoms with E-state index in [-0.39, 0.29) is 35.7 Å². The molecule has 4 rings (SSSR count). The van der Waals surface area contributed by atoms with Gasteiger partial charge in [0.15, 0.2) is 0 Å². The molecule has 1 saturated carbocycles. The number of hydrogen-bond donors (Lipinski definition) is 3. The first-order chi connectivity index (χ1) is 10.6. The average molecular weight is 298 g/mol. The number of aliphatic hydroxyl groups is 2. The Balaban J connectivity index is 1.77. The standard InChI is InChI=1S/C18H18O4/c19-11-3-1-10(2-4-11)18-16-9-13(21)8-14(16)15-7-12(20)5-6-17(15)22-18/h1-7,13,16-21H,8-9H2/t13-,16+,17?,18+/m1/s1. The molecule has 3 aliphatic rings. The van der Waals surface area contributed by atoms with Crippen molar-refractivity contribution >= 4 is 0 Å². The number of fused-ring (bicyclic) bond motifs is 2. The minimum Gasteiger partial charge on any atom is -0.508 e. The van der Waals surface area contributed by atoms with E-state index in [0.717, 1.165) is 11.1 Å². The van der Waals surface area contributed by atoms with Crippen LogP contribution in [0, 0.1) is 5.92 Å². The molecule has 0 saturated heterocycles. The number of aromatic hydroxyl groups is 1. The van der Waals surface area contributed by atoms with Crippen LogP contribution >= 0.6 is 0 Å². The highest BCUT2D eigenvalue weighted by atomic mass is 16.5. The molecule has 4 nitrogen and oxygen atoms in total. The Morgan fingerprint density at radius 1 is 1.09 bits per heavy atom. The van der Waals surface area contributed by atoms with Gasteiger partial charge < -0.3 is 20.1 Å². The number of phenolic OH excluding ortho intramolecular Hbond substituents is 1. The molecular weight excluding hydrogens is 280 g/mol. The van der Waals surface area contributed by atoms with Crippen molar-refractivity contribution < 1.29 is 20.1 Å². The van der Waals surface area contributed by atoms with E-state index in [1.807, 2.05) is 18.2 Å². The number of aliphatic hydroxyl groups excluding tert-OH is 2. The van der Waals surface area contributed by atoms with Crippen molar-refractivity contribution in [2.24, 2.45) is 5.92 Å². The largest absolute Gasteiger partial charge is 0.508 e. The predicted molar refractivity (Wildman–Crippen MR) is 81.3 cm³/mol. The molecule has 4 heteroatoms. The van der Waals surface area contributed by atoms with Crippen LogP contribution in [0.2, 0.25) is 0 Å². The second kappa shape index (κ2) is 5.00. The van der Waals surface area contributed by atoms with Gasteiger partial charge in [-0.15, -0.1) is 0 Å². The fraction of sp³-hybridized carbons (Fsp3) is 0.333. The minimum atomic E-state index is -0.365. The van der Waals surface area contributed by atoms with Crippen LogP contribution in [0.1, 0.15) is 24.5 Å². The fourth-order valence-electron chi connectivity index (χ4n) is 3.76. The first-order valence-corrected chi connectivity index (χ1v) is 7.56. The van der Waals surface area contributed by atoms with Crippen LogP contribution in [0.4, 0.5) is 0 Å². The van der Waals surface area contributed by atoms with Gasteiger partial charge in [0.2, 0.25) is 0 Å². The zero-order chi connectivity index (χ0) is 15.3. The molecule has 4 atom stereocenters. The van der Waals surface area contributed by atoms with Gasteiger partial charge >= 0.3 is 0 Å². The highest BCUT2D eigenvalue weighted by molar-refractivity contribution is 5.46. The maximum absolute atomic E-state index is 10.1. The van der Waals surface area contributed by atoms with Crippen LogP contribution in [-0.2, 0) is 4.74 Å². The van der Waals surface area contributed by atoms with Gasteiger partial charge in [0.25, 0.3) is 0 Å². The molecule has 2 aliphatic carbocycles. The van der Waals surface area contributed by atoms with Gasteiger partial charge in [-0.25, -0.2) is 0 Å². The Bertz CT molecular complexity index is 684. The van der Waals surface area contributed by atoms with Crippen molar-refractivity contribution in [1.82, 2.24) is 0 Å². The molecular formula is C18H18O4. The number of hydrogen-bond acceptors (Lipinski definition) is 4. The van der Waals surface area contributed by atoms with Gasteiger partial charge in [0.1, 0.15) is 17.6 Å². The Morgan fingerprint density at radius 2 is 1.86 bits per heavy atom. The van der Waals surface area contributed by atoms with Gasteiger partial charge in [-0.05, 0) is 54.3 Å². The van der Waals surface area contributed by atoms with E-state index < -0.39 is 0 Å². The molecule has 0 bridgehead atoms. The first kappa shape index (κ1) is 13.6. The molecule has 22 heavy (non-hydrogen) atoms. The van der Waals surface area contributed by atoms with Crippen LogP contribution in [0.25, 0.3) is 0 Å². The molecule has 1 aromatic rings. The summed E-state index contributed by atoms with van der Waals surface area (Å²) < 4.78 is 6.23. The van der Waals surface area contributed by atoms with Crippen molar-refractivity contribution in [2.45, 2.75) is 31.2 Å².